The molecule has 0 bridgehead atoms. The summed E-state index contributed by atoms with van der Waals surface area (Å²) in [6.45, 7) is 4.81. The number of carbonyl (C=O) groups excluding carboxylic acids is 1. The maximum Gasteiger partial charge on any atom is 0.355 e. The minimum Gasteiger partial charge on any atom is -0.476 e. The highest BCUT2D eigenvalue weighted by atomic mass is 32.1. The highest BCUT2D eigenvalue weighted by molar-refractivity contribution is 7.09. The van der Waals surface area contributed by atoms with Gasteiger partial charge in [0.1, 0.15) is 0 Å². The van der Waals surface area contributed by atoms with Gasteiger partial charge in [0.15, 0.2) is 5.69 Å². The number of carboxylic acid groups (broad SMARTS) is 1. The SMILES string of the molecule is C=CC(=O)N1CCCC(c2nc(C(=O)O)cs2)C1. The van der Waals surface area contributed by atoms with Crippen LogP contribution in [0.3, 0.4) is 0 Å². The number of rotatable bonds is 3. The molecule has 0 radical (unpaired) electrons. The van der Waals surface area contributed by atoms with Crippen molar-refractivity contribution < 1.29 is 14.7 Å². The second kappa shape index (κ2) is 5.30. The number of carboxylic acids is 1. The molecule has 18 heavy (non-hydrogen) atoms. The third-order valence-electron chi connectivity index (χ3n) is 3.00. The van der Waals surface area contributed by atoms with Crippen LogP contribution >= 0.6 is 11.3 Å². The number of carbonyl (C=O) groups is 2. The van der Waals surface area contributed by atoms with Crippen LogP contribution < -0.4 is 0 Å². The van der Waals surface area contributed by atoms with Gasteiger partial charge in [-0.1, -0.05) is 6.58 Å². The van der Waals surface area contributed by atoms with Crippen molar-refractivity contribution >= 4 is 23.2 Å². The summed E-state index contributed by atoms with van der Waals surface area (Å²) in [7, 11) is 0. The smallest absolute Gasteiger partial charge is 0.355 e. The maximum atomic E-state index is 11.6. The van der Waals surface area contributed by atoms with Gasteiger partial charge in [-0.25, -0.2) is 9.78 Å². The Morgan fingerprint density at radius 1 is 1.61 bits per heavy atom. The number of piperidine rings is 1. The van der Waals surface area contributed by atoms with E-state index in [-0.39, 0.29) is 17.5 Å². The molecule has 1 amide bonds. The van der Waals surface area contributed by atoms with Crippen molar-refractivity contribution in [1.82, 2.24) is 9.88 Å². The molecule has 5 nitrogen and oxygen atoms in total. The lowest BCUT2D eigenvalue weighted by atomic mass is 9.98. The Hall–Kier alpha value is -1.69. The molecule has 6 heteroatoms. The molecular weight excluding hydrogens is 252 g/mol. The lowest BCUT2D eigenvalue weighted by Crippen LogP contribution is -2.38. The van der Waals surface area contributed by atoms with Crippen molar-refractivity contribution in [3.63, 3.8) is 0 Å². The molecule has 1 N–H and O–H groups in total. The molecule has 2 heterocycles. The highest BCUT2D eigenvalue weighted by Gasteiger charge is 2.26. The van der Waals surface area contributed by atoms with Gasteiger partial charge in [0, 0.05) is 24.4 Å². The second-order valence-corrected chi connectivity index (χ2v) is 5.09. The summed E-state index contributed by atoms with van der Waals surface area (Å²) in [6.07, 6.45) is 3.16. The number of amides is 1. The topological polar surface area (TPSA) is 70.5 Å². The maximum absolute atomic E-state index is 11.6. The van der Waals surface area contributed by atoms with Gasteiger partial charge >= 0.3 is 5.97 Å². The van der Waals surface area contributed by atoms with Gasteiger partial charge in [-0.3, -0.25) is 4.79 Å². The largest absolute Gasteiger partial charge is 0.476 e. The fourth-order valence-electron chi connectivity index (χ4n) is 2.08. The first kappa shape index (κ1) is 12.8. The van der Waals surface area contributed by atoms with E-state index in [1.54, 1.807) is 10.3 Å². The van der Waals surface area contributed by atoms with Gasteiger partial charge in [-0.2, -0.15) is 0 Å². The van der Waals surface area contributed by atoms with E-state index in [0.29, 0.717) is 6.54 Å². The summed E-state index contributed by atoms with van der Waals surface area (Å²) in [6, 6.07) is 0. The van der Waals surface area contributed by atoms with Crippen LogP contribution in [0.2, 0.25) is 0 Å². The monoisotopic (exact) mass is 266 g/mol. The Morgan fingerprint density at radius 3 is 3.00 bits per heavy atom. The molecule has 0 spiro atoms. The second-order valence-electron chi connectivity index (χ2n) is 4.20. The first-order valence-electron chi connectivity index (χ1n) is 5.72. The Labute approximate surface area is 109 Å². The Bertz CT molecular complexity index is 483. The molecule has 1 aliphatic rings. The molecule has 1 aliphatic heterocycles. The zero-order chi connectivity index (χ0) is 13.1. The van der Waals surface area contributed by atoms with E-state index in [4.69, 9.17) is 5.11 Å². The van der Waals surface area contributed by atoms with E-state index in [1.165, 1.54) is 17.4 Å². The van der Waals surface area contributed by atoms with E-state index >= 15 is 0 Å². The van der Waals surface area contributed by atoms with E-state index in [0.717, 1.165) is 24.4 Å². The fraction of sp³-hybridized carbons (Fsp3) is 0.417. The van der Waals surface area contributed by atoms with Gasteiger partial charge in [-0.15, -0.1) is 11.3 Å². The van der Waals surface area contributed by atoms with Crippen LogP contribution in [0.1, 0.15) is 34.3 Å². The van der Waals surface area contributed by atoms with Crippen LogP contribution in [0.5, 0.6) is 0 Å². The number of thiazole rings is 1. The quantitative estimate of drug-likeness (QED) is 0.846. The molecule has 1 aromatic heterocycles. The van der Waals surface area contributed by atoms with Gasteiger partial charge in [0.2, 0.25) is 5.91 Å². The van der Waals surface area contributed by atoms with Crippen molar-refractivity contribution in [3.05, 3.63) is 28.7 Å². The van der Waals surface area contributed by atoms with Crippen molar-refractivity contribution in [2.24, 2.45) is 0 Å². The first-order valence-corrected chi connectivity index (χ1v) is 6.60. The number of aromatic carboxylic acids is 1. The Morgan fingerprint density at radius 2 is 2.39 bits per heavy atom. The number of hydrogen-bond donors (Lipinski definition) is 1. The standard InChI is InChI=1S/C12H14N2O3S/c1-2-10(15)14-5-3-4-8(6-14)11-13-9(7-18-11)12(16)17/h2,7-8H,1,3-6H2,(H,16,17). The summed E-state index contributed by atoms with van der Waals surface area (Å²) in [5.41, 5.74) is 0.0853. The highest BCUT2D eigenvalue weighted by Crippen LogP contribution is 2.29. The molecule has 1 aromatic rings. The lowest BCUT2D eigenvalue weighted by molar-refractivity contribution is -0.127. The molecule has 1 saturated heterocycles. The molecule has 96 valence electrons. The van der Waals surface area contributed by atoms with Gasteiger partial charge in [0.05, 0.1) is 5.01 Å². The molecule has 0 aliphatic carbocycles. The third-order valence-corrected chi connectivity index (χ3v) is 4.01. The molecule has 1 fully saturated rings. The van der Waals surface area contributed by atoms with Gasteiger partial charge in [0.25, 0.3) is 0 Å². The van der Waals surface area contributed by atoms with Crippen molar-refractivity contribution in [1.29, 1.82) is 0 Å². The summed E-state index contributed by atoms with van der Waals surface area (Å²) in [5, 5.41) is 11.2. The van der Waals surface area contributed by atoms with Crippen LogP contribution in [-0.4, -0.2) is 40.0 Å². The first-order chi connectivity index (χ1) is 8.61. The van der Waals surface area contributed by atoms with Gasteiger partial charge < -0.3 is 10.0 Å². The van der Waals surface area contributed by atoms with Crippen LogP contribution in [0.4, 0.5) is 0 Å². The molecule has 2 rings (SSSR count). The minimum atomic E-state index is -1.01. The zero-order valence-electron chi connectivity index (χ0n) is 9.83. The fourth-order valence-corrected chi connectivity index (χ4v) is 3.00. The van der Waals surface area contributed by atoms with E-state index in [1.807, 2.05) is 0 Å². The average molecular weight is 266 g/mol. The van der Waals surface area contributed by atoms with Crippen LogP contribution in [0.15, 0.2) is 18.0 Å². The van der Waals surface area contributed by atoms with E-state index < -0.39 is 5.97 Å². The molecule has 0 aromatic carbocycles. The Balaban J connectivity index is 2.10. The molecular formula is C12H14N2O3S. The van der Waals surface area contributed by atoms with Crippen LogP contribution in [-0.2, 0) is 4.79 Å². The Kier molecular flexibility index (Phi) is 3.76. The summed E-state index contributed by atoms with van der Waals surface area (Å²) >= 11 is 1.35. The molecule has 1 atom stereocenters. The molecule has 1 unspecified atom stereocenters. The normalized spacial score (nSPS) is 19.6. The van der Waals surface area contributed by atoms with Crippen molar-refractivity contribution in [3.8, 4) is 0 Å². The summed E-state index contributed by atoms with van der Waals surface area (Å²) in [5.74, 6) is -0.942. The number of aromatic nitrogens is 1. The van der Waals surface area contributed by atoms with Crippen molar-refractivity contribution in [2.75, 3.05) is 13.1 Å². The third kappa shape index (κ3) is 2.59. The minimum absolute atomic E-state index is 0.0743. The number of hydrogen-bond acceptors (Lipinski definition) is 4. The number of nitrogens with zero attached hydrogens (tertiary/aromatic N) is 2. The van der Waals surface area contributed by atoms with E-state index in [9.17, 15) is 9.59 Å². The lowest BCUT2D eigenvalue weighted by Gasteiger charge is -2.30. The summed E-state index contributed by atoms with van der Waals surface area (Å²) < 4.78 is 0. The number of likely N-dealkylation sites (tertiary alicyclic amines) is 1. The van der Waals surface area contributed by atoms with Gasteiger partial charge in [-0.05, 0) is 18.9 Å². The van der Waals surface area contributed by atoms with E-state index in [2.05, 4.69) is 11.6 Å². The van der Waals surface area contributed by atoms with Crippen LogP contribution in [0.25, 0.3) is 0 Å². The molecule has 0 saturated carbocycles. The zero-order valence-corrected chi connectivity index (χ0v) is 10.7. The van der Waals surface area contributed by atoms with Crippen molar-refractivity contribution in [2.45, 2.75) is 18.8 Å². The average Bonchev–Trinajstić information content (AvgIpc) is 2.88. The summed E-state index contributed by atoms with van der Waals surface area (Å²) in [4.78, 5) is 28.2. The predicted octanol–water partition coefficient (Wildman–Crippen LogP) is 1.73. The van der Waals surface area contributed by atoms with Crippen LogP contribution in [0, 0.1) is 0 Å². The predicted molar refractivity (Wildman–Crippen MR) is 67.8 cm³/mol.